The molecule has 3 amide bonds. The van der Waals surface area contributed by atoms with Crippen LogP contribution in [0.2, 0.25) is 0 Å². The Morgan fingerprint density at radius 3 is 2.54 bits per heavy atom. The monoisotopic (exact) mass is 381 g/mol. The second kappa shape index (κ2) is 6.29. The fourth-order valence-electron chi connectivity index (χ4n) is 3.36. The van der Waals surface area contributed by atoms with Gasteiger partial charge in [-0.25, -0.2) is 24.7 Å². The lowest BCUT2D eigenvalue weighted by atomic mass is 9.94. The highest BCUT2D eigenvalue weighted by Crippen LogP contribution is 2.43. The fraction of sp³-hybridized carbons (Fsp3) is 0.316. The number of aliphatic imine (C=N–C) groups is 1. The molecule has 1 fully saturated rings. The fourth-order valence-corrected chi connectivity index (χ4v) is 3.36. The number of nitrogens with zero attached hydrogens (tertiary/aromatic N) is 5. The highest BCUT2D eigenvalue weighted by atomic mass is 16.5. The summed E-state index contributed by atoms with van der Waals surface area (Å²) in [5, 5.41) is 0. The first-order valence-corrected chi connectivity index (χ1v) is 8.72. The smallest absolute Gasteiger partial charge is 0.331 e. The van der Waals surface area contributed by atoms with E-state index in [1.165, 1.54) is 17.3 Å². The molecule has 0 saturated carbocycles. The van der Waals surface area contributed by atoms with Gasteiger partial charge in [0.1, 0.15) is 17.9 Å². The average molecular weight is 381 g/mol. The van der Waals surface area contributed by atoms with Gasteiger partial charge in [-0.2, -0.15) is 0 Å². The van der Waals surface area contributed by atoms with E-state index in [-0.39, 0.29) is 18.5 Å². The van der Waals surface area contributed by atoms with Crippen LogP contribution in [0.4, 0.5) is 16.2 Å². The van der Waals surface area contributed by atoms with Crippen molar-refractivity contribution < 1.29 is 19.1 Å². The number of benzene rings is 1. The highest BCUT2D eigenvalue weighted by molar-refractivity contribution is 6.19. The van der Waals surface area contributed by atoms with Crippen LogP contribution in [0.25, 0.3) is 0 Å². The Balaban J connectivity index is 1.63. The number of hydrogen-bond acceptors (Lipinski definition) is 7. The second-order valence-electron chi connectivity index (χ2n) is 7.09. The predicted octanol–water partition coefficient (Wildman–Crippen LogP) is 2.98. The van der Waals surface area contributed by atoms with Crippen molar-refractivity contribution in [3.63, 3.8) is 0 Å². The molecule has 0 atom stereocenters. The summed E-state index contributed by atoms with van der Waals surface area (Å²) in [6.07, 6.45) is 2.77. The number of ether oxygens (including phenoxy) is 2. The van der Waals surface area contributed by atoms with Gasteiger partial charge in [-0.3, -0.25) is 4.79 Å². The Morgan fingerprint density at radius 2 is 1.89 bits per heavy atom. The minimum absolute atomic E-state index is 0.0300. The van der Waals surface area contributed by atoms with Crippen LogP contribution in [-0.4, -0.2) is 46.3 Å². The van der Waals surface area contributed by atoms with E-state index in [4.69, 9.17) is 9.47 Å². The summed E-state index contributed by atoms with van der Waals surface area (Å²) in [4.78, 5) is 39.1. The molecule has 9 nitrogen and oxygen atoms in total. The van der Waals surface area contributed by atoms with Crippen LogP contribution in [0.3, 0.4) is 0 Å². The van der Waals surface area contributed by atoms with Gasteiger partial charge < -0.3 is 14.4 Å². The van der Waals surface area contributed by atoms with Crippen LogP contribution < -0.4 is 9.64 Å². The first kappa shape index (κ1) is 17.9. The van der Waals surface area contributed by atoms with Crippen molar-refractivity contribution in [1.29, 1.82) is 0 Å². The Morgan fingerprint density at radius 1 is 1.18 bits per heavy atom. The Kier molecular flexibility index (Phi) is 4.02. The van der Waals surface area contributed by atoms with E-state index in [1.807, 2.05) is 26.0 Å². The molecule has 1 aromatic carbocycles. The molecule has 0 radical (unpaired) electrons. The van der Waals surface area contributed by atoms with Gasteiger partial charge in [-0.05, 0) is 26.0 Å². The molecule has 0 bridgehead atoms. The standard InChI is InChI=1S/C19H19N5O4/c1-11-22-13-6-5-7-14(16(13)19(2,3)28-11)27-17-20-8-12(9-21-17)24-15(25)10-23(4)18(24)26/h5-9H,10H2,1-4H3. The van der Waals surface area contributed by atoms with E-state index in [0.717, 1.165) is 16.2 Å². The number of rotatable bonds is 3. The number of aromatic nitrogens is 2. The molecular formula is C19H19N5O4. The van der Waals surface area contributed by atoms with E-state index in [2.05, 4.69) is 15.0 Å². The lowest BCUT2D eigenvalue weighted by molar-refractivity contribution is -0.116. The molecule has 9 heteroatoms. The molecule has 0 unspecified atom stereocenters. The number of carbonyl (C=O) groups excluding carboxylic acids is 2. The quantitative estimate of drug-likeness (QED) is 0.758. The van der Waals surface area contributed by atoms with Gasteiger partial charge in [0.25, 0.3) is 5.91 Å². The molecule has 0 N–H and O–H groups in total. The summed E-state index contributed by atoms with van der Waals surface area (Å²) < 4.78 is 11.7. The molecule has 2 aliphatic heterocycles. The maximum atomic E-state index is 12.1. The normalized spacial score (nSPS) is 17.9. The summed E-state index contributed by atoms with van der Waals surface area (Å²) in [6, 6.07) is 5.19. The highest BCUT2D eigenvalue weighted by Gasteiger charge is 2.36. The number of urea groups is 1. The third-order valence-electron chi connectivity index (χ3n) is 4.50. The molecule has 1 aromatic heterocycles. The SMILES string of the molecule is CC1=Nc2cccc(Oc3ncc(N4C(=O)CN(C)C4=O)cn3)c2C(C)(C)O1. The van der Waals surface area contributed by atoms with Gasteiger partial charge >= 0.3 is 12.0 Å². The summed E-state index contributed by atoms with van der Waals surface area (Å²) in [5.41, 5.74) is 1.22. The maximum absolute atomic E-state index is 12.1. The third kappa shape index (κ3) is 2.94. The topological polar surface area (TPSA) is 97.2 Å². The van der Waals surface area contributed by atoms with Gasteiger partial charge in [0.2, 0.25) is 0 Å². The Bertz CT molecular complexity index is 1000. The predicted molar refractivity (Wildman–Crippen MR) is 101 cm³/mol. The number of amides is 3. The molecular weight excluding hydrogens is 362 g/mol. The van der Waals surface area contributed by atoms with Crippen molar-refractivity contribution in [2.24, 2.45) is 4.99 Å². The molecule has 2 aliphatic rings. The van der Waals surface area contributed by atoms with Crippen LogP contribution in [0.1, 0.15) is 26.3 Å². The van der Waals surface area contributed by atoms with Gasteiger partial charge in [-0.1, -0.05) is 6.07 Å². The van der Waals surface area contributed by atoms with Crippen LogP contribution >= 0.6 is 0 Å². The third-order valence-corrected chi connectivity index (χ3v) is 4.50. The lowest BCUT2D eigenvalue weighted by Crippen LogP contribution is -2.31. The van der Waals surface area contributed by atoms with Crippen molar-refractivity contribution in [3.8, 4) is 11.8 Å². The molecule has 2 aromatic rings. The second-order valence-corrected chi connectivity index (χ2v) is 7.09. The maximum Gasteiger partial charge on any atom is 0.331 e. The van der Waals surface area contributed by atoms with Crippen LogP contribution in [-0.2, 0) is 15.1 Å². The van der Waals surface area contributed by atoms with E-state index < -0.39 is 11.6 Å². The van der Waals surface area contributed by atoms with Crippen LogP contribution in [0, 0.1) is 0 Å². The zero-order valence-electron chi connectivity index (χ0n) is 16.0. The molecule has 3 heterocycles. The first-order valence-electron chi connectivity index (χ1n) is 8.72. The van der Waals surface area contributed by atoms with Crippen molar-refractivity contribution in [2.45, 2.75) is 26.4 Å². The lowest BCUT2D eigenvalue weighted by Gasteiger charge is -2.32. The first-order chi connectivity index (χ1) is 13.3. The van der Waals surface area contributed by atoms with E-state index in [1.54, 1.807) is 20.0 Å². The number of carbonyl (C=O) groups is 2. The van der Waals surface area contributed by atoms with Gasteiger partial charge in [0.15, 0.2) is 5.90 Å². The van der Waals surface area contributed by atoms with E-state index in [9.17, 15) is 9.59 Å². The molecule has 28 heavy (non-hydrogen) atoms. The molecule has 144 valence electrons. The van der Waals surface area contributed by atoms with Crippen LogP contribution in [0.15, 0.2) is 35.6 Å². The Hall–Kier alpha value is -3.49. The molecule has 4 rings (SSSR count). The molecule has 0 aliphatic carbocycles. The summed E-state index contributed by atoms with van der Waals surface area (Å²) in [5.74, 6) is 0.786. The number of fused-ring (bicyclic) bond motifs is 1. The average Bonchev–Trinajstić information content (AvgIpc) is 2.87. The minimum Gasteiger partial charge on any atom is -0.470 e. The van der Waals surface area contributed by atoms with Crippen molar-refractivity contribution >= 4 is 29.2 Å². The summed E-state index contributed by atoms with van der Waals surface area (Å²) in [7, 11) is 1.56. The zero-order valence-corrected chi connectivity index (χ0v) is 16.0. The van der Waals surface area contributed by atoms with E-state index >= 15 is 0 Å². The molecule has 0 spiro atoms. The summed E-state index contributed by atoms with van der Waals surface area (Å²) in [6.45, 7) is 5.70. The minimum atomic E-state index is -0.628. The largest absolute Gasteiger partial charge is 0.470 e. The number of hydrogen-bond donors (Lipinski definition) is 0. The van der Waals surface area contributed by atoms with E-state index in [0.29, 0.717) is 17.3 Å². The van der Waals surface area contributed by atoms with Crippen molar-refractivity contribution in [3.05, 3.63) is 36.2 Å². The summed E-state index contributed by atoms with van der Waals surface area (Å²) >= 11 is 0. The zero-order chi connectivity index (χ0) is 20.1. The van der Waals surface area contributed by atoms with Crippen molar-refractivity contribution in [1.82, 2.24) is 14.9 Å². The molecule has 1 saturated heterocycles. The Labute approximate surface area is 161 Å². The number of anilines is 1. The van der Waals surface area contributed by atoms with Gasteiger partial charge in [-0.15, -0.1) is 0 Å². The number of likely N-dealkylation sites (N-methyl/N-ethyl adjacent to an activating group) is 1. The van der Waals surface area contributed by atoms with Crippen molar-refractivity contribution in [2.75, 3.05) is 18.5 Å². The van der Waals surface area contributed by atoms with Crippen LogP contribution in [0.5, 0.6) is 11.8 Å². The van der Waals surface area contributed by atoms with Gasteiger partial charge in [0.05, 0.1) is 29.3 Å². The van der Waals surface area contributed by atoms with Gasteiger partial charge in [0, 0.05) is 14.0 Å². The number of imide groups is 1.